The van der Waals surface area contributed by atoms with Gasteiger partial charge in [0.05, 0.1) is 12.3 Å². The van der Waals surface area contributed by atoms with E-state index in [9.17, 15) is 18.6 Å². The number of rotatable bonds is 8. The molecule has 0 bridgehead atoms. The summed E-state index contributed by atoms with van der Waals surface area (Å²) in [7, 11) is 3.08. The summed E-state index contributed by atoms with van der Waals surface area (Å²) in [5, 5.41) is 0.0175. The van der Waals surface area contributed by atoms with Gasteiger partial charge in [-0.2, -0.15) is 0 Å². The lowest BCUT2D eigenvalue weighted by molar-refractivity contribution is -0.120. The van der Waals surface area contributed by atoms with Gasteiger partial charge in [-0.3, -0.25) is 19.1 Å². The zero-order valence-electron chi connectivity index (χ0n) is 17.7. The molecule has 11 heteroatoms. The Hall–Kier alpha value is -2.04. The van der Waals surface area contributed by atoms with E-state index in [1.165, 1.54) is 29.6 Å². The molecule has 1 aromatic rings. The molecule has 3 amide bonds. The van der Waals surface area contributed by atoms with Crippen molar-refractivity contribution in [3.05, 3.63) is 45.0 Å². The number of hydrogen-bond acceptors (Lipinski definition) is 5. The van der Waals surface area contributed by atoms with E-state index in [2.05, 4.69) is 4.72 Å². The number of halogens is 2. The number of likely N-dealkylation sites (N-methyl/N-ethyl adjacent to an activating group) is 1. The Balaban J connectivity index is 1.78. The normalized spacial score (nSPS) is 17.8. The molecule has 0 radical (unpaired) electrons. The number of hydrogen-bond donors (Lipinski definition) is 1. The molecule has 8 nitrogen and oxygen atoms in total. The SMILES string of the molecule is COCCN(C)S(=O)NC(=O)/C(Cl)=C/c1cc(N2C(=O)C3=C(CCCC3)C2=O)ccc1Cl. The maximum absolute atomic E-state index is 12.8. The van der Waals surface area contributed by atoms with E-state index in [0.717, 1.165) is 17.7 Å². The lowest BCUT2D eigenvalue weighted by atomic mass is 9.93. The van der Waals surface area contributed by atoms with Crippen LogP contribution in [0.2, 0.25) is 5.02 Å². The first kappa shape index (κ1) is 24.6. The standard InChI is InChI=1S/C21H23Cl2N3O5S/c1-25(9-10-31-2)32(30)24-19(27)18(23)12-13-11-14(7-8-17(13)22)26-20(28)15-5-3-4-6-16(15)21(26)29/h7-8,11-12H,3-6,9-10H2,1-2H3,(H,24,27)/b18-12-. The summed E-state index contributed by atoms with van der Waals surface area (Å²) in [5.41, 5.74) is 1.84. The highest BCUT2D eigenvalue weighted by atomic mass is 35.5. The monoisotopic (exact) mass is 499 g/mol. The minimum atomic E-state index is -1.81. The molecule has 1 N–H and O–H groups in total. The Labute approximate surface area is 198 Å². The summed E-state index contributed by atoms with van der Waals surface area (Å²) >= 11 is 10.6. The third kappa shape index (κ3) is 5.29. The molecule has 1 atom stereocenters. The summed E-state index contributed by atoms with van der Waals surface area (Å²) in [4.78, 5) is 39.1. The van der Waals surface area contributed by atoms with Gasteiger partial charge in [0.1, 0.15) is 5.03 Å². The number of benzene rings is 1. The minimum absolute atomic E-state index is 0.256. The summed E-state index contributed by atoms with van der Waals surface area (Å²) in [6.07, 6.45) is 4.25. The number of carbonyl (C=O) groups is 3. The lowest BCUT2D eigenvalue weighted by Crippen LogP contribution is -2.37. The summed E-state index contributed by atoms with van der Waals surface area (Å²) in [6, 6.07) is 4.62. The molecule has 0 fully saturated rings. The van der Waals surface area contributed by atoms with Gasteiger partial charge in [-0.25, -0.2) is 13.4 Å². The van der Waals surface area contributed by atoms with Gasteiger partial charge in [0.2, 0.25) is 0 Å². The van der Waals surface area contributed by atoms with Crippen LogP contribution in [0.15, 0.2) is 34.4 Å². The molecule has 3 rings (SSSR count). The first-order chi connectivity index (χ1) is 15.2. The third-order valence-corrected chi connectivity index (χ3v) is 6.93. The number of imide groups is 1. The number of amides is 3. The van der Waals surface area contributed by atoms with E-state index in [0.29, 0.717) is 48.4 Å². The van der Waals surface area contributed by atoms with Crippen LogP contribution in [0.25, 0.3) is 6.08 Å². The minimum Gasteiger partial charge on any atom is -0.383 e. The number of methoxy groups -OCH3 is 1. The maximum atomic E-state index is 12.8. The van der Waals surface area contributed by atoms with Crippen LogP contribution in [0.3, 0.4) is 0 Å². The van der Waals surface area contributed by atoms with Gasteiger partial charge >= 0.3 is 0 Å². The molecule has 32 heavy (non-hydrogen) atoms. The fourth-order valence-electron chi connectivity index (χ4n) is 3.47. The van der Waals surface area contributed by atoms with E-state index in [1.807, 2.05) is 0 Å². The van der Waals surface area contributed by atoms with Gasteiger partial charge in [-0.1, -0.05) is 23.2 Å². The molecule has 172 valence electrons. The average Bonchev–Trinajstić information content (AvgIpc) is 3.03. The van der Waals surface area contributed by atoms with Crippen LogP contribution >= 0.6 is 23.2 Å². The van der Waals surface area contributed by atoms with Crippen molar-refractivity contribution in [1.29, 1.82) is 0 Å². The first-order valence-electron chi connectivity index (χ1n) is 9.95. The van der Waals surface area contributed by atoms with Crippen LogP contribution in [0.5, 0.6) is 0 Å². The fraction of sp³-hybridized carbons (Fsp3) is 0.381. The predicted molar refractivity (Wildman–Crippen MR) is 124 cm³/mol. The summed E-state index contributed by atoms with van der Waals surface area (Å²) < 4.78 is 20.7. The van der Waals surface area contributed by atoms with E-state index >= 15 is 0 Å². The number of carbonyl (C=O) groups excluding carboxylic acids is 3. The van der Waals surface area contributed by atoms with E-state index in [4.69, 9.17) is 27.9 Å². The second-order valence-electron chi connectivity index (χ2n) is 7.33. The smallest absolute Gasteiger partial charge is 0.275 e. The zero-order valence-corrected chi connectivity index (χ0v) is 20.0. The molecule has 1 aliphatic heterocycles. The molecule has 0 aromatic heterocycles. The highest BCUT2D eigenvalue weighted by molar-refractivity contribution is 7.81. The molecule has 0 saturated heterocycles. The molecule has 1 unspecified atom stereocenters. The van der Waals surface area contributed by atoms with Gasteiger partial charge < -0.3 is 4.74 Å². The van der Waals surface area contributed by atoms with Crippen molar-refractivity contribution < 1.29 is 23.3 Å². The largest absolute Gasteiger partial charge is 0.383 e. The second kappa shape index (κ2) is 10.7. The topological polar surface area (TPSA) is 96.0 Å². The van der Waals surface area contributed by atoms with E-state index in [1.54, 1.807) is 13.1 Å². The Morgan fingerprint density at radius 3 is 2.47 bits per heavy atom. The molecule has 2 aliphatic rings. The van der Waals surface area contributed by atoms with Crippen molar-refractivity contribution in [2.75, 3.05) is 32.2 Å². The fourth-order valence-corrected chi connectivity index (χ4v) is 4.52. The molecule has 1 aromatic carbocycles. The van der Waals surface area contributed by atoms with Gasteiger partial charge in [0.25, 0.3) is 17.7 Å². The Kier molecular flexibility index (Phi) is 8.24. The average molecular weight is 500 g/mol. The van der Waals surface area contributed by atoms with Crippen LogP contribution in [0.1, 0.15) is 31.2 Å². The van der Waals surface area contributed by atoms with Crippen molar-refractivity contribution in [3.63, 3.8) is 0 Å². The predicted octanol–water partition coefficient (Wildman–Crippen LogP) is 2.94. The Morgan fingerprint density at radius 1 is 1.25 bits per heavy atom. The number of anilines is 1. The number of ether oxygens (including phenoxy) is 1. The van der Waals surface area contributed by atoms with Gasteiger partial charge in [0.15, 0.2) is 11.2 Å². The van der Waals surface area contributed by atoms with Gasteiger partial charge in [-0.05, 0) is 55.5 Å². The van der Waals surface area contributed by atoms with E-state index in [-0.39, 0.29) is 21.9 Å². The lowest BCUT2D eigenvalue weighted by Gasteiger charge is -2.16. The number of nitrogens with zero attached hydrogens (tertiary/aromatic N) is 2. The second-order valence-corrected chi connectivity index (χ2v) is 9.47. The third-order valence-electron chi connectivity index (χ3n) is 5.20. The van der Waals surface area contributed by atoms with Crippen molar-refractivity contribution in [2.24, 2.45) is 0 Å². The molecule has 1 aliphatic carbocycles. The van der Waals surface area contributed by atoms with Crippen LogP contribution in [0, 0.1) is 0 Å². The van der Waals surface area contributed by atoms with Crippen molar-refractivity contribution in [1.82, 2.24) is 9.03 Å². The van der Waals surface area contributed by atoms with Crippen molar-refractivity contribution in [3.8, 4) is 0 Å². The number of nitrogens with one attached hydrogen (secondary N) is 1. The van der Waals surface area contributed by atoms with Crippen LogP contribution in [-0.4, -0.2) is 53.5 Å². The molecular formula is C21H23Cl2N3O5S. The van der Waals surface area contributed by atoms with E-state index < -0.39 is 17.1 Å². The van der Waals surface area contributed by atoms with Crippen molar-refractivity contribution >= 4 is 63.9 Å². The van der Waals surface area contributed by atoms with Gasteiger partial charge in [-0.15, -0.1) is 0 Å². The highest BCUT2D eigenvalue weighted by Crippen LogP contribution is 2.36. The summed E-state index contributed by atoms with van der Waals surface area (Å²) in [5.74, 6) is -1.40. The Morgan fingerprint density at radius 2 is 1.88 bits per heavy atom. The van der Waals surface area contributed by atoms with Gasteiger partial charge in [0, 0.05) is 36.9 Å². The van der Waals surface area contributed by atoms with Crippen LogP contribution in [0.4, 0.5) is 5.69 Å². The van der Waals surface area contributed by atoms with Crippen molar-refractivity contribution in [2.45, 2.75) is 25.7 Å². The molecule has 1 heterocycles. The highest BCUT2D eigenvalue weighted by Gasteiger charge is 2.39. The van der Waals surface area contributed by atoms with Crippen LogP contribution < -0.4 is 9.62 Å². The molecule has 0 spiro atoms. The molecule has 0 saturated carbocycles. The summed E-state index contributed by atoms with van der Waals surface area (Å²) in [6.45, 7) is 0.685. The zero-order chi connectivity index (χ0) is 23.4. The molecular weight excluding hydrogens is 477 g/mol. The first-order valence-corrected chi connectivity index (χ1v) is 11.8. The van der Waals surface area contributed by atoms with Crippen LogP contribution in [-0.2, 0) is 30.3 Å². The quantitative estimate of drug-likeness (QED) is 0.438. The Bertz CT molecular complexity index is 1010. The maximum Gasteiger partial charge on any atom is 0.275 e.